The van der Waals surface area contributed by atoms with Gasteiger partial charge in [0.05, 0.1) is 5.56 Å². The maximum Gasteiger partial charge on any atom is 0.416 e. The summed E-state index contributed by atoms with van der Waals surface area (Å²) in [6, 6.07) is 5.16. The molecule has 0 saturated carbocycles. The highest BCUT2D eigenvalue weighted by Crippen LogP contribution is 2.33. The van der Waals surface area contributed by atoms with Crippen LogP contribution in [-0.2, 0) is 6.18 Å². The Balaban J connectivity index is 3.20. The molecule has 0 heterocycles. The molecule has 1 rings (SSSR count). The molecule has 0 aliphatic carbocycles. The predicted molar refractivity (Wildman–Crippen MR) is 42.7 cm³/mol. The zero-order valence-electron chi connectivity index (χ0n) is 7.23. The minimum atomic E-state index is -4.28. The van der Waals surface area contributed by atoms with Crippen molar-refractivity contribution < 1.29 is 18.9 Å². The molecule has 4 heteroatoms. The fraction of sp³-hybridized carbons (Fsp3) is 0.333. The molecule has 1 nitrogen and oxygen atoms in total. The molecule has 13 heavy (non-hydrogen) atoms. The van der Waals surface area contributed by atoms with E-state index in [1.807, 2.05) is 0 Å². The Morgan fingerprint density at radius 1 is 1.23 bits per heavy atom. The maximum absolute atomic E-state index is 12.4. The molecular weight excluding hydrogens is 179 g/mol. The molecule has 0 aliphatic rings. The van der Waals surface area contributed by atoms with E-state index in [0.29, 0.717) is 0 Å². The first-order valence-corrected chi connectivity index (χ1v) is 3.92. The second kappa shape index (κ2) is 3.38. The van der Waals surface area contributed by atoms with Gasteiger partial charge in [0.2, 0.25) is 0 Å². The van der Waals surface area contributed by atoms with Gasteiger partial charge in [0.15, 0.2) is 0 Å². The van der Waals surface area contributed by atoms with Crippen molar-refractivity contribution in [3.05, 3.63) is 35.4 Å². The van der Waals surface area contributed by atoms with Crippen molar-refractivity contribution in [3.8, 4) is 0 Å². The third-order valence-corrected chi connectivity index (χ3v) is 1.80. The van der Waals surface area contributed by atoms with Gasteiger partial charge in [-0.15, -0.1) is 0 Å². The Kier molecular flexibility index (Phi) is 2.61. The van der Waals surface area contributed by atoms with E-state index in [-0.39, 0.29) is 11.6 Å². The Morgan fingerprint density at radius 3 is 2.15 bits per heavy atom. The lowest BCUT2D eigenvalue weighted by Gasteiger charge is -2.12. The van der Waals surface area contributed by atoms with Gasteiger partial charge in [-0.05, 0) is 13.0 Å². The number of hydrogen-bond acceptors (Lipinski definition) is 0. The SMILES string of the molecule is C[C@H]([NH3+])c1ccccc1C(F)(F)F. The smallest absolute Gasteiger partial charge is 0.352 e. The van der Waals surface area contributed by atoms with Gasteiger partial charge in [0.25, 0.3) is 0 Å². The van der Waals surface area contributed by atoms with Crippen LogP contribution in [0.1, 0.15) is 24.1 Å². The normalized spacial score (nSPS) is 14.2. The number of rotatable bonds is 1. The summed E-state index contributed by atoms with van der Waals surface area (Å²) < 4.78 is 37.1. The first kappa shape index (κ1) is 10.1. The minimum Gasteiger partial charge on any atom is -0.352 e. The van der Waals surface area contributed by atoms with Crippen LogP contribution in [0.15, 0.2) is 24.3 Å². The lowest BCUT2D eigenvalue weighted by Crippen LogP contribution is -2.52. The van der Waals surface area contributed by atoms with E-state index < -0.39 is 11.7 Å². The summed E-state index contributed by atoms with van der Waals surface area (Å²) in [6.07, 6.45) is -4.28. The van der Waals surface area contributed by atoms with Crippen molar-refractivity contribution >= 4 is 0 Å². The van der Waals surface area contributed by atoms with Gasteiger partial charge in [-0.3, -0.25) is 0 Å². The van der Waals surface area contributed by atoms with Gasteiger partial charge in [0.1, 0.15) is 6.04 Å². The maximum atomic E-state index is 12.4. The average molecular weight is 190 g/mol. The first-order valence-electron chi connectivity index (χ1n) is 3.92. The average Bonchev–Trinajstić information content (AvgIpc) is 2.03. The Morgan fingerprint density at radius 2 is 1.77 bits per heavy atom. The van der Waals surface area contributed by atoms with Crippen LogP contribution in [-0.4, -0.2) is 0 Å². The molecule has 0 saturated heterocycles. The molecule has 0 radical (unpaired) electrons. The number of quaternary nitrogens is 1. The minimum absolute atomic E-state index is 0.245. The van der Waals surface area contributed by atoms with Crippen LogP contribution in [0, 0.1) is 0 Å². The highest BCUT2D eigenvalue weighted by atomic mass is 19.4. The largest absolute Gasteiger partial charge is 0.416 e. The van der Waals surface area contributed by atoms with Crippen LogP contribution in [0.4, 0.5) is 13.2 Å². The first-order chi connectivity index (χ1) is 5.93. The summed E-state index contributed by atoms with van der Waals surface area (Å²) in [4.78, 5) is 0. The zero-order chi connectivity index (χ0) is 10.1. The monoisotopic (exact) mass is 190 g/mol. The predicted octanol–water partition coefficient (Wildman–Crippen LogP) is 2.01. The number of halogens is 3. The lowest BCUT2D eigenvalue weighted by molar-refractivity contribution is -0.421. The highest BCUT2D eigenvalue weighted by Gasteiger charge is 2.34. The van der Waals surface area contributed by atoms with Gasteiger partial charge in [0, 0.05) is 5.56 Å². The molecule has 3 N–H and O–H groups in total. The van der Waals surface area contributed by atoms with Gasteiger partial charge < -0.3 is 5.73 Å². The molecule has 0 fully saturated rings. The fourth-order valence-corrected chi connectivity index (χ4v) is 1.18. The molecule has 0 spiro atoms. The number of hydrogen-bond donors (Lipinski definition) is 1. The van der Waals surface area contributed by atoms with Crippen molar-refractivity contribution in [1.82, 2.24) is 0 Å². The van der Waals surface area contributed by atoms with Crippen LogP contribution in [0.2, 0.25) is 0 Å². The van der Waals surface area contributed by atoms with Crippen molar-refractivity contribution in [3.63, 3.8) is 0 Å². The van der Waals surface area contributed by atoms with Crippen LogP contribution < -0.4 is 5.73 Å². The lowest BCUT2D eigenvalue weighted by atomic mass is 10.0. The Labute approximate surface area is 74.4 Å². The van der Waals surface area contributed by atoms with E-state index >= 15 is 0 Å². The molecule has 0 unspecified atom stereocenters. The van der Waals surface area contributed by atoms with Crippen molar-refractivity contribution in [2.75, 3.05) is 0 Å². The zero-order valence-corrected chi connectivity index (χ0v) is 7.23. The topological polar surface area (TPSA) is 27.6 Å². The van der Waals surface area contributed by atoms with Crippen LogP contribution >= 0.6 is 0 Å². The molecule has 1 atom stereocenters. The summed E-state index contributed by atoms with van der Waals surface area (Å²) in [6.45, 7) is 1.64. The number of benzene rings is 1. The standard InChI is InChI=1S/C9H10F3N/c1-6(13)7-4-2-3-5-8(7)9(10,11)12/h2-6H,13H2,1H3/p+1/t6-/m0/s1. The van der Waals surface area contributed by atoms with Crippen LogP contribution in [0.25, 0.3) is 0 Å². The van der Waals surface area contributed by atoms with Crippen LogP contribution in [0.3, 0.4) is 0 Å². The van der Waals surface area contributed by atoms with E-state index in [2.05, 4.69) is 5.73 Å². The quantitative estimate of drug-likeness (QED) is 0.701. The van der Waals surface area contributed by atoms with E-state index in [9.17, 15) is 13.2 Å². The van der Waals surface area contributed by atoms with Gasteiger partial charge in [-0.25, -0.2) is 0 Å². The van der Waals surface area contributed by atoms with Gasteiger partial charge >= 0.3 is 6.18 Å². The van der Waals surface area contributed by atoms with Crippen LogP contribution in [0.5, 0.6) is 0 Å². The third-order valence-electron chi connectivity index (χ3n) is 1.80. The molecule has 1 aromatic rings. The molecule has 0 amide bonds. The summed E-state index contributed by atoms with van der Waals surface area (Å²) in [5.41, 5.74) is 3.24. The van der Waals surface area contributed by atoms with Crippen molar-refractivity contribution in [2.45, 2.75) is 19.1 Å². The van der Waals surface area contributed by atoms with Gasteiger partial charge in [-0.1, -0.05) is 18.2 Å². The van der Waals surface area contributed by atoms with E-state index in [0.717, 1.165) is 6.07 Å². The van der Waals surface area contributed by atoms with Crippen molar-refractivity contribution in [2.24, 2.45) is 0 Å². The molecule has 1 aromatic carbocycles. The Bertz CT molecular complexity index is 291. The summed E-state index contributed by atoms with van der Waals surface area (Å²) >= 11 is 0. The second-order valence-electron chi connectivity index (χ2n) is 2.99. The second-order valence-corrected chi connectivity index (χ2v) is 2.99. The third kappa shape index (κ3) is 2.21. The van der Waals surface area contributed by atoms with E-state index in [1.165, 1.54) is 12.1 Å². The molecular formula is C9H11F3N+. The number of alkyl halides is 3. The van der Waals surface area contributed by atoms with Gasteiger partial charge in [-0.2, -0.15) is 13.2 Å². The summed E-state index contributed by atoms with van der Waals surface area (Å²) in [7, 11) is 0. The van der Waals surface area contributed by atoms with E-state index in [4.69, 9.17) is 0 Å². The highest BCUT2D eigenvalue weighted by molar-refractivity contribution is 5.30. The molecule has 0 aliphatic heterocycles. The molecule has 72 valence electrons. The molecule has 0 aromatic heterocycles. The summed E-state index contributed by atoms with van der Waals surface area (Å²) in [5.74, 6) is 0. The van der Waals surface area contributed by atoms with E-state index in [1.54, 1.807) is 13.0 Å². The van der Waals surface area contributed by atoms with Crippen molar-refractivity contribution in [1.29, 1.82) is 0 Å². The molecule has 0 bridgehead atoms. The fourth-order valence-electron chi connectivity index (χ4n) is 1.18. The Hall–Kier alpha value is -1.03. The summed E-state index contributed by atoms with van der Waals surface area (Å²) in [5, 5.41) is 0.